The average Bonchev–Trinajstić information content (AvgIpc) is 2.47. The van der Waals surface area contributed by atoms with E-state index in [0.29, 0.717) is 21.6 Å². The molecule has 0 amide bonds. The molecular formula is C17H16O2S. The van der Waals surface area contributed by atoms with Gasteiger partial charge in [0.25, 0.3) is 0 Å². The van der Waals surface area contributed by atoms with Crippen molar-refractivity contribution in [1.82, 2.24) is 0 Å². The standard InChI is InChI=1S/C17H16O2S/c1-3-10-9-14-15(11(4-2)17(10)20)16(18)12-7-5-6-8-13(12)19-14/h5-10H,3-4H2,1-2H3. The molecule has 0 radical (unpaired) electrons. The third-order valence-electron chi connectivity index (χ3n) is 3.91. The third kappa shape index (κ3) is 1.85. The van der Waals surface area contributed by atoms with E-state index >= 15 is 0 Å². The largest absolute Gasteiger partial charge is 0.456 e. The van der Waals surface area contributed by atoms with Crippen LogP contribution in [-0.2, 0) is 0 Å². The van der Waals surface area contributed by atoms with Gasteiger partial charge in [-0.05, 0) is 36.6 Å². The van der Waals surface area contributed by atoms with Crippen LogP contribution in [-0.4, -0.2) is 4.86 Å². The van der Waals surface area contributed by atoms with Crippen molar-refractivity contribution in [3.05, 3.63) is 45.1 Å². The summed E-state index contributed by atoms with van der Waals surface area (Å²) in [6.45, 7) is 4.14. The number of fused-ring (bicyclic) bond motifs is 2. The zero-order valence-corrected chi connectivity index (χ0v) is 12.4. The summed E-state index contributed by atoms with van der Waals surface area (Å²) in [6.07, 6.45) is 3.70. The molecular weight excluding hydrogens is 268 g/mol. The molecule has 3 heteroatoms. The fourth-order valence-electron chi connectivity index (χ4n) is 2.82. The van der Waals surface area contributed by atoms with E-state index in [9.17, 15) is 4.79 Å². The van der Waals surface area contributed by atoms with Crippen LogP contribution in [0.4, 0.5) is 0 Å². The summed E-state index contributed by atoms with van der Waals surface area (Å²) in [7, 11) is 0. The average molecular weight is 284 g/mol. The second-order valence-electron chi connectivity index (χ2n) is 5.04. The van der Waals surface area contributed by atoms with Crippen molar-refractivity contribution in [2.75, 3.05) is 0 Å². The van der Waals surface area contributed by atoms with E-state index in [1.807, 2.05) is 37.3 Å². The molecule has 1 atom stereocenters. The van der Waals surface area contributed by atoms with Gasteiger partial charge in [0.15, 0.2) is 0 Å². The van der Waals surface area contributed by atoms with Crippen LogP contribution < -0.4 is 16.1 Å². The van der Waals surface area contributed by atoms with Crippen molar-refractivity contribution in [2.24, 2.45) is 5.92 Å². The quantitative estimate of drug-likeness (QED) is 0.794. The van der Waals surface area contributed by atoms with Gasteiger partial charge in [0, 0.05) is 10.8 Å². The molecule has 1 unspecified atom stereocenters. The molecule has 1 aliphatic rings. The maximum Gasteiger partial charge on any atom is 0.200 e. The van der Waals surface area contributed by atoms with E-state index in [0.717, 1.165) is 23.3 Å². The Bertz CT molecular complexity index is 874. The van der Waals surface area contributed by atoms with E-state index in [1.165, 1.54) is 0 Å². The van der Waals surface area contributed by atoms with Crippen LogP contribution in [0.25, 0.3) is 22.6 Å². The Morgan fingerprint density at radius 2 is 2.00 bits per heavy atom. The van der Waals surface area contributed by atoms with E-state index in [1.54, 1.807) is 0 Å². The van der Waals surface area contributed by atoms with Crippen molar-refractivity contribution in [2.45, 2.75) is 26.7 Å². The van der Waals surface area contributed by atoms with E-state index in [2.05, 4.69) is 6.92 Å². The maximum absolute atomic E-state index is 12.7. The van der Waals surface area contributed by atoms with Crippen LogP contribution in [0, 0.1) is 5.92 Å². The van der Waals surface area contributed by atoms with Crippen LogP contribution in [0.2, 0.25) is 0 Å². The SMILES string of the molecule is CCC1=c2c(oc3ccccc3c2=O)=CC(CC)C1=S. The molecule has 0 aliphatic heterocycles. The minimum absolute atomic E-state index is 0.0341. The minimum Gasteiger partial charge on any atom is -0.456 e. The summed E-state index contributed by atoms with van der Waals surface area (Å²) >= 11 is 5.56. The maximum atomic E-state index is 12.7. The van der Waals surface area contributed by atoms with Crippen molar-refractivity contribution < 1.29 is 4.42 Å². The molecule has 0 saturated heterocycles. The highest BCUT2D eigenvalue weighted by Crippen LogP contribution is 2.19. The van der Waals surface area contributed by atoms with Crippen molar-refractivity contribution in [1.29, 1.82) is 0 Å². The Morgan fingerprint density at radius 1 is 1.25 bits per heavy atom. The fourth-order valence-corrected chi connectivity index (χ4v) is 3.30. The first-order valence-corrected chi connectivity index (χ1v) is 7.39. The van der Waals surface area contributed by atoms with Crippen molar-refractivity contribution >= 4 is 39.7 Å². The van der Waals surface area contributed by atoms with Gasteiger partial charge >= 0.3 is 0 Å². The van der Waals surface area contributed by atoms with Gasteiger partial charge in [-0.25, -0.2) is 0 Å². The lowest BCUT2D eigenvalue weighted by Crippen LogP contribution is -2.45. The third-order valence-corrected chi connectivity index (χ3v) is 4.46. The van der Waals surface area contributed by atoms with Gasteiger partial charge in [-0.15, -0.1) is 0 Å². The van der Waals surface area contributed by atoms with Gasteiger partial charge in [-0.1, -0.05) is 38.2 Å². The second kappa shape index (κ2) is 4.98. The number of rotatable bonds is 2. The summed E-state index contributed by atoms with van der Waals surface area (Å²) in [5.74, 6) is 0.191. The number of benzene rings is 1. The lowest BCUT2D eigenvalue weighted by Gasteiger charge is -2.18. The van der Waals surface area contributed by atoms with Crippen LogP contribution in [0.1, 0.15) is 26.7 Å². The Morgan fingerprint density at radius 3 is 2.70 bits per heavy atom. The molecule has 1 aromatic carbocycles. The Hall–Kier alpha value is -1.74. The molecule has 1 aliphatic carbocycles. The first-order chi connectivity index (χ1) is 9.67. The van der Waals surface area contributed by atoms with E-state index < -0.39 is 0 Å². The lowest BCUT2D eigenvalue weighted by molar-refractivity contribution is 0.552. The molecule has 0 fully saturated rings. The summed E-state index contributed by atoms with van der Waals surface area (Å²) < 4.78 is 5.94. The smallest absolute Gasteiger partial charge is 0.200 e. The number of hydrogen-bond donors (Lipinski definition) is 0. The molecule has 102 valence electrons. The highest BCUT2D eigenvalue weighted by Gasteiger charge is 2.21. The minimum atomic E-state index is 0.0341. The molecule has 1 aromatic heterocycles. The van der Waals surface area contributed by atoms with E-state index in [-0.39, 0.29) is 11.3 Å². The van der Waals surface area contributed by atoms with Crippen molar-refractivity contribution in [3.8, 4) is 0 Å². The Kier molecular flexibility index (Phi) is 3.30. The van der Waals surface area contributed by atoms with Gasteiger partial charge in [0.1, 0.15) is 11.0 Å². The van der Waals surface area contributed by atoms with Crippen LogP contribution >= 0.6 is 12.2 Å². The summed E-state index contributed by atoms with van der Waals surface area (Å²) in [4.78, 5) is 13.6. The second-order valence-corrected chi connectivity index (χ2v) is 5.48. The van der Waals surface area contributed by atoms with E-state index in [4.69, 9.17) is 16.6 Å². The number of para-hydroxylation sites is 1. The highest BCUT2D eigenvalue weighted by atomic mass is 32.1. The molecule has 2 nitrogen and oxygen atoms in total. The molecule has 20 heavy (non-hydrogen) atoms. The van der Waals surface area contributed by atoms with Crippen LogP contribution in [0.5, 0.6) is 0 Å². The van der Waals surface area contributed by atoms with Crippen LogP contribution in [0.15, 0.2) is 33.5 Å². The van der Waals surface area contributed by atoms with Gasteiger partial charge in [-0.3, -0.25) is 4.79 Å². The number of hydrogen-bond acceptors (Lipinski definition) is 3. The van der Waals surface area contributed by atoms with Crippen molar-refractivity contribution in [3.63, 3.8) is 0 Å². The topological polar surface area (TPSA) is 30.2 Å². The molecule has 2 aromatic rings. The summed E-state index contributed by atoms with van der Waals surface area (Å²) in [5.41, 5.74) is 2.34. The Balaban J connectivity index is 2.56. The molecule has 1 heterocycles. The predicted molar refractivity (Wildman–Crippen MR) is 86.3 cm³/mol. The first-order valence-electron chi connectivity index (χ1n) is 6.98. The molecule has 0 spiro atoms. The monoisotopic (exact) mass is 284 g/mol. The predicted octanol–water partition coefficient (Wildman–Crippen LogP) is 2.54. The normalized spacial score (nSPS) is 18.0. The highest BCUT2D eigenvalue weighted by molar-refractivity contribution is 7.81. The first kappa shape index (κ1) is 13.3. The molecule has 0 N–H and O–H groups in total. The summed E-state index contributed by atoms with van der Waals surface area (Å²) in [6, 6.07) is 7.39. The zero-order valence-electron chi connectivity index (χ0n) is 11.6. The fraction of sp³-hybridized carbons (Fsp3) is 0.294. The number of thiocarbonyl (C=S) groups is 1. The summed E-state index contributed by atoms with van der Waals surface area (Å²) in [5, 5.41) is 1.30. The Labute approximate surface area is 122 Å². The molecule has 0 saturated carbocycles. The lowest BCUT2D eigenvalue weighted by atomic mass is 9.89. The van der Waals surface area contributed by atoms with Gasteiger partial charge in [0.2, 0.25) is 5.43 Å². The molecule has 3 rings (SSSR count). The van der Waals surface area contributed by atoms with Gasteiger partial charge in [0.05, 0.1) is 10.6 Å². The van der Waals surface area contributed by atoms with Crippen LogP contribution in [0.3, 0.4) is 0 Å². The van der Waals surface area contributed by atoms with Gasteiger partial charge < -0.3 is 4.42 Å². The molecule has 0 bridgehead atoms. The zero-order chi connectivity index (χ0) is 14.3. The van der Waals surface area contributed by atoms with Gasteiger partial charge in [-0.2, -0.15) is 0 Å².